The Morgan fingerprint density at radius 2 is 1.85 bits per heavy atom. The zero-order valence-corrected chi connectivity index (χ0v) is 16.0. The minimum atomic E-state index is -0.870. The van der Waals surface area contributed by atoms with Gasteiger partial charge in [0.05, 0.1) is 31.6 Å². The minimum absolute atomic E-state index is 0.00775. The van der Waals surface area contributed by atoms with Crippen molar-refractivity contribution in [2.24, 2.45) is 5.92 Å². The minimum Gasteiger partial charge on any atom is -0.493 e. The van der Waals surface area contributed by atoms with E-state index in [-0.39, 0.29) is 12.1 Å². The van der Waals surface area contributed by atoms with Crippen LogP contribution in [0.5, 0.6) is 11.5 Å². The van der Waals surface area contributed by atoms with Crippen molar-refractivity contribution in [3.63, 3.8) is 0 Å². The lowest BCUT2D eigenvalue weighted by Crippen LogP contribution is -2.32. The SMILES string of the molecule is COc1cc(CN(CCC(=O)O)CC2CCCCC2)c([N+](=O)[O-])cc1OC. The molecule has 0 aromatic heterocycles. The Morgan fingerprint density at radius 3 is 2.41 bits per heavy atom. The molecule has 0 aliphatic heterocycles. The smallest absolute Gasteiger partial charge is 0.304 e. The molecule has 1 aromatic rings. The molecule has 0 amide bonds. The summed E-state index contributed by atoms with van der Waals surface area (Å²) in [6.45, 7) is 1.41. The lowest BCUT2D eigenvalue weighted by atomic mass is 9.89. The summed E-state index contributed by atoms with van der Waals surface area (Å²) < 4.78 is 10.4. The van der Waals surface area contributed by atoms with Gasteiger partial charge in [0.25, 0.3) is 5.69 Å². The summed E-state index contributed by atoms with van der Waals surface area (Å²) in [4.78, 5) is 24.1. The molecule has 0 bridgehead atoms. The molecule has 0 spiro atoms. The van der Waals surface area contributed by atoms with E-state index in [0.717, 1.165) is 19.4 Å². The van der Waals surface area contributed by atoms with E-state index < -0.39 is 10.9 Å². The third-order valence-corrected chi connectivity index (χ3v) is 5.06. The van der Waals surface area contributed by atoms with Crippen LogP contribution in [0, 0.1) is 16.0 Å². The largest absolute Gasteiger partial charge is 0.493 e. The Balaban J connectivity index is 2.25. The second-order valence-corrected chi connectivity index (χ2v) is 6.98. The molecule has 27 heavy (non-hydrogen) atoms. The zero-order valence-electron chi connectivity index (χ0n) is 16.0. The molecule has 0 saturated heterocycles. The summed E-state index contributed by atoms with van der Waals surface area (Å²) >= 11 is 0. The van der Waals surface area contributed by atoms with Crippen LogP contribution in [0.2, 0.25) is 0 Å². The van der Waals surface area contributed by atoms with Gasteiger partial charge in [-0.15, -0.1) is 0 Å². The van der Waals surface area contributed by atoms with E-state index in [4.69, 9.17) is 14.6 Å². The fourth-order valence-electron chi connectivity index (χ4n) is 3.67. The van der Waals surface area contributed by atoms with E-state index in [0.29, 0.717) is 36.1 Å². The van der Waals surface area contributed by atoms with Crippen LogP contribution >= 0.6 is 0 Å². The molecular weight excluding hydrogens is 352 g/mol. The maximum Gasteiger partial charge on any atom is 0.304 e. The van der Waals surface area contributed by atoms with Crippen LogP contribution in [0.4, 0.5) is 5.69 Å². The summed E-state index contributed by atoms with van der Waals surface area (Å²) in [5.41, 5.74) is 0.454. The normalized spacial score (nSPS) is 14.9. The summed E-state index contributed by atoms with van der Waals surface area (Å²) in [7, 11) is 2.92. The quantitative estimate of drug-likeness (QED) is 0.490. The maximum absolute atomic E-state index is 11.5. The summed E-state index contributed by atoms with van der Waals surface area (Å²) in [6.07, 6.45) is 5.87. The zero-order chi connectivity index (χ0) is 19.8. The highest BCUT2D eigenvalue weighted by molar-refractivity contribution is 5.66. The van der Waals surface area contributed by atoms with Crippen molar-refractivity contribution in [1.29, 1.82) is 0 Å². The highest BCUT2D eigenvalue weighted by Gasteiger charge is 2.24. The molecule has 0 heterocycles. The number of hydrogen-bond donors (Lipinski definition) is 1. The number of methoxy groups -OCH3 is 2. The van der Waals surface area contributed by atoms with E-state index >= 15 is 0 Å². The fourth-order valence-corrected chi connectivity index (χ4v) is 3.67. The number of ether oxygens (including phenoxy) is 2. The van der Waals surface area contributed by atoms with E-state index in [1.165, 1.54) is 39.5 Å². The van der Waals surface area contributed by atoms with Crippen LogP contribution in [0.15, 0.2) is 12.1 Å². The first-order valence-corrected chi connectivity index (χ1v) is 9.28. The van der Waals surface area contributed by atoms with Gasteiger partial charge < -0.3 is 14.6 Å². The average Bonchev–Trinajstić information content (AvgIpc) is 2.66. The van der Waals surface area contributed by atoms with Crippen LogP contribution in [-0.4, -0.2) is 48.2 Å². The van der Waals surface area contributed by atoms with Crippen molar-refractivity contribution in [1.82, 2.24) is 4.90 Å². The van der Waals surface area contributed by atoms with Gasteiger partial charge >= 0.3 is 5.97 Å². The fraction of sp³-hybridized carbons (Fsp3) is 0.632. The standard InChI is InChI=1S/C19H28N2O6/c1-26-17-10-15(16(21(24)25)11-18(17)27-2)13-20(9-8-19(22)23)12-14-6-4-3-5-7-14/h10-11,14H,3-9,12-13H2,1-2H3,(H,22,23). The van der Waals surface area contributed by atoms with E-state index in [9.17, 15) is 14.9 Å². The van der Waals surface area contributed by atoms with Gasteiger partial charge in [0.2, 0.25) is 0 Å². The van der Waals surface area contributed by atoms with Crippen LogP contribution in [0.1, 0.15) is 44.1 Å². The summed E-state index contributed by atoms with van der Waals surface area (Å²) in [6, 6.07) is 2.98. The highest BCUT2D eigenvalue weighted by Crippen LogP contribution is 2.35. The first-order chi connectivity index (χ1) is 12.9. The van der Waals surface area contributed by atoms with Crippen molar-refractivity contribution in [3.8, 4) is 11.5 Å². The van der Waals surface area contributed by atoms with Crippen molar-refractivity contribution in [3.05, 3.63) is 27.8 Å². The van der Waals surface area contributed by atoms with Crippen molar-refractivity contribution in [2.45, 2.75) is 45.1 Å². The predicted octanol–water partition coefficient (Wildman–Crippen LogP) is 3.47. The molecule has 1 aliphatic carbocycles. The Labute approximate surface area is 159 Å². The Kier molecular flexibility index (Phi) is 7.84. The van der Waals surface area contributed by atoms with Crippen LogP contribution in [0.3, 0.4) is 0 Å². The second kappa shape index (κ2) is 10.1. The number of nitro groups is 1. The van der Waals surface area contributed by atoms with E-state index in [2.05, 4.69) is 0 Å². The van der Waals surface area contributed by atoms with Gasteiger partial charge in [0.1, 0.15) is 0 Å². The number of rotatable bonds is 10. The van der Waals surface area contributed by atoms with E-state index in [1.807, 2.05) is 4.90 Å². The van der Waals surface area contributed by atoms with E-state index in [1.54, 1.807) is 6.07 Å². The molecule has 1 aliphatic rings. The van der Waals surface area contributed by atoms with Gasteiger partial charge in [-0.25, -0.2) is 0 Å². The van der Waals surface area contributed by atoms with Crippen LogP contribution in [0.25, 0.3) is 0 Å². The molecule has 1 N–H and O–H groups in total. The number of aliphatic carboxylic acids is 1. The molecule has 0 atom stereocenters. The Morgan fingerprint density at radius 1 is 1.22 bits per heavy atom. The van der Waals surface area contributed by atoms with Gasteiger partial charge in [-0.2, -0.15) is 0 Å². The Hall–Kier alpha value is -2.35. The van der Waals surface area contributed by atoms with Crippen LogP contribution in [-0.2, 0) is 11.3 Å². The van der Waals surface area contributed by atoms with Gasteiger partial charge in [-0.1, -0.05) is 19.3 Å². The number of hydrogen-bond acceptors (Lipinski definition) is 6. The summed E-state index contributed by atoms with van der Waals surface area (Å²) in [5.74, 6) is 0.364. The number of carboxylic acid groups (broad SMARTS) is 1. The third kappa shape index (κ3) is 6.09. The number of nitro benzene ring substituents is 1. The monoisotopic (exact) mass is 380 g/mol. The number of carboxylic acids is 1. The molecule has 1 fully saturated rings. The first-order valence-electron chi connectivity index (χ1n) is 9.28. The molecule has 8 nitrogen and oxygen atoms in total. The molecular formula is C19H28N2O6. The second-order valence-electron chi connectivity index (χ2n) is 6.98. The highest BCUT2D eigenvalue weighted by atomic mass is 16.6. The van der Waals surface area contributed by atoms with Gasteiger partial charge in [-0.3, -0.25) is 19.8 Å². The Bertz CT molecular complexity index is 658. The van der Waals surface area contributed by atoms with Crippen molar-refractivity contribution < 1.29 is 24.3 Å². The predicted molar refractivity (Wildman–Crippen MR) is 100 cm³/mol. The van der Waals surface area contributed by atoms with Crippen molar-refractivity contribution >= 4 is 11.7 Å². The molecule has 2 rings (SSSR count). The average molecular weight is 380 g/mol. The maximum atomic E-state index is 11.5. The molecule has 150 valence electrons. The van der Waals surface area contributed by atoms with Gasteiger partial charge in [-0.05, 0) is 24.8 Å². The number of carbonyl (C=O) groups is 1. The molecule has 8 heteroatoms. The lowest BCUT2D eigenvalue weighted by molar-refractivity contribution is -0.385. The van der Waals surface area contributed by atoms with Gasteiger partial charge in [0.15, 0.2) is 11.5 Å². The van der Waals surface area contributed by atoms with Crippen molar-refractivity contribution in [2.75, 3.05) is 27.3 Å². The molecule has 0 radical (unpaired) electrons. The topological polar surface area (TPSA) is 102 Å². The number of nitrogens with zero attached hydrogens (tertiary/aromatic N) is 2. The number of benzene rings is 1. The van der Waals surface area contributed by atoms with Crippen LogP contribution < -0.4 is 9.47 Å². The third-order valence-electron chi connectivity index (χ3n) is 5.06. The molecule has 1 saturated carbocycles. The molecule has 1 aromatic carbocycles. The summed E-state index contributed by atoms with van der Waals surface area (Å²) in [5, 5.41) is 20.6. The van der Waals surface area contributed by atoms with Gasteiger partial charge in [0, 0.05) is 25.2 Å². The first kappa shape index (κ1) is 21.0. The molecule has 0 unspecified atom stereocenters. The lowest BCUT2D eigenvalue weighted by Gasteiger charge is -2.29.